The number of nitrogens with zero attached hydrogens (tertiary/aromatic N) is 5. The first kappa shape index (κ1) is 16.7. The fourth-order valence-electron chi connectivity index (χ4n) is 2.93. The van der Waals surface area contributed by atoms with Crippen molar-refractivity contribution in [3.8, 4) is 5.75 Å². The molecule has 1 aliphatic rings. The van der Waals surface area contributed by atoms with Crippen LogP contribution >= 0.6 is 0 Å². The summed E-state index contributed by atoms with van der Waals surface area (Å²) >= 11 is 0. The van der Waals surface area contributed by atoms with Crippen LogP contribution in [0.25, 0.3) is 0 Å². The zero-order valence-corrected chi connectivity index (χ0v) is 14.7. The summed E-state index contributed by atoms with van der Waals surface area (Å²) in [7, 11) is -3.64. The third-order valence-electron chi connectivity index (χ3n) is 4.20. The standard InChI is InChI=1S/C17H17N5O3S/c23-26(24,17-4-2-7-19-10-17)21-11-14-5-8-20-22(14)15(12-21)13-25-16-3-1-6-18-9-16/h1-10,15H,11-13H2. The van der Waals surface area contributed by atoms with Crippen LogP contribution in [0, 0.1) is 0 Å². The molecule has 0 N–H and O–H groups in total. The lowest BCUT2D eigenvalue weighted by atomic mass is 10.2. The maximum atomic E-state index is 12.9. The molecular formula is C17H17N5O3S. The molecule has 0 bridgehead atoms. The summed E-state index contributed by atoms with van der Waals surface area (Å²) in [5.41, 5.74) is 0.823. The van der Waals surface area contributed by atoms with Crippen molar-refractivity contribution in [2.75, 3.05) is 13.2 Å². The number of aromatic nitrogens is 4. The van der Waals surface area contributed by atoms with E-state index >= 15 is 0 Å². The summed E-state index contributed by atoms with van der Waals surface area (Å²) in [4.78, 5) is 8.12. The predicted octanol–water partition coefficient (Wildman–Crippen LogP) is 1.50. The fraction of sp³-hybridized carbons (Fsp3) is 0.235. The van der Waals surface area contributed by atoms with Crippen molar-refractivity contribution in [1.82, 2.24) is 24.1 Å². The number of fused-ring (bicyclic) bond motifs is 1. The van der Waals surface area contributed by atoms with Crippen molar-refractivity contribution >= 4 is 10.0 Å². The van der Waals surface area contributed by atoms with Crippen LogP contribution in [0.3, 0.4) is 0 Å². The third kappa shape index (κ3) is 3.18. The van der Waals surface area contributed by atoms with Gasteiger partial charge in [0.05, 0.1) is 18.4 Å². The van der Waals surface area contributed by atoms with Crippen LogP contribution in [0.2, 0.25) is 0 Å². The molecule has 0 saturated carbocycles. The molecule has 4 heterocycles. The summed E-state index contributed by atoms with van der Waals surface area (Å²) in [6, 6.07) is 8.35. The van der Waals surface area contributed by atoms with E-state index < -0.39 is 10.0 Å². The lowest BCUT2D eigenvalue weighted by molar-refractivity contribution is 0.182. The van der Waals surface area contributed by atoms with Crippen molar-refractivity contribution < 1.29 is 13.2 Å². The maximum Gasteiger partial charge on any atom is 0.245 e. The number of sulfonamides is 1. The van der Waals surface area contributed by atoms with Gasteiger partial charge in [-0.05, 0) is 30.3 Å². The highest BCUT2D eigenvalue weighted by Gasteiger charge is 2.34. The van der Waals surface area contributed by atoms with E-state index in [2.05, 4.69) is 15.1 Å². The summed E-state index contributed by atoms with van der Waals surface area (Å²) in [6.07, 6.45) is 7.88. The molecule has 0 fully saturated rings. The van der Waals surface area contributed by atoms with Gasteiger partial charge >= 0.3 is 0 Å². The van der Waals surface area contributed by atoms with E-state index in [-0.39, 0.29) is 24.0 Å². The Morgan fingerprint density at radius 2 is 1.88 bits per heavy atom. The predicted molar refractivity (Wildman–Crippen MR) is 92.8 cm³/mol. The van der Waals surface area contributed by atoms with Gasteiger partial charge in [-0.3, -0.25) is 14.6 Å². The zero-order valence-electron chi connectivity index (χ0n) is 13.8. The molecule has 0 radical (unpaired) electrons. The smallest absolute Gasteiger partial charge is 0.245 e. The molecule has 3 aromatic heterocycles. The first-order valence-corrected chi connectivity index (χ1v) is 9.54. The number of pyridine rings is 2. The number of rotatable bonds is 5. The quantitative estimate of drug-likeness (QED) is 0.675. The summed E-state index contributed by atoms with van der Waals surface area (Å²) in [6.45, 7) is 0.826. The number of hydrogen-bond donors (Lipinski definition) is 0. The minimum Gasteiger partial charge on any atom is -0.490 e. The van der Waals surface area contributed by atoms with Crippen LogP contribution in [0.5, 0.6) is 5.75 Å². The van der Waals surface area contributed by atoms with Crippen LogP contribution in [0.4, 0.5) is 0 Å². The van der Waals surface area contributed by atoms with Gasteiger partial charge in [0.1, 0.15) is 23.3 Å². The molecule has 3 aromatic rings. The maximum absolute atomic E-state index is 12.9. The first-order chi connectivity index (χ1) is 12.6. The van der Waals surface area contributed by atoms with E-state index in [4.69, 9.17) is 4.74 Å². The molecule has 0 aromatic carbocycles. The Hall–Kier alpha value is -2.78. The highest BCUT2D eigenvalue weighted by atomic mass is 32.2. The van der Waals surface area contributed by atoms with Gasteiger partial charge in [-0.2, -0.15) is 9.40 Å². The van der Waals surface area contributed by atoms with Gasteiger partial charge in [0.2, 0.25) is 10.0 Å². The monoisotopic (exact) mass is 371 g/mol. The summed E-state index contributed by atoms with van der Waals surface area (Å²) < 4.78 is 34.9. The van der Waals surface area contributed by atoms with Crippen molar-refractivity contribution in [3.63, 3.8) is 0 Å². The molecule has 9 heteroatoms. The molecule has 0 spiro atoms. The van der Waals surface area contributed by atoms with Crippen LogP contribution < -0.4 is 4.74 Å². The van der Waals surface area contributed by atoms with Gasteiger partial charge < -0.3 is 4.74 Å². The highest BCUT2D eigenvalue weighted by Crippen LogP contribution is 2.26. The van der Waals surface area contributed by atoms with Crippen molar-refractivity contribution in [3.05, 3.63) is 67.0 Å². The van der Waals surface area contributed by atoms with Gasteiger partial charge in [-0.1, -0.05) is 0 Å². The van der Waals surface area contributed by atoms with Gasteiger partial charge in [0.15, 0.2) is 0 Å². The second-order valence-electron chi connectivity index (χ2n) is 5.91. The zero-order chi connectivity index (χ0) is 18.0. The van der Waals surface area contributed by atoms with Crippen LogP contribution in [0.15, 0.2) is 66.2 Å². The van der Waals surface area contributed by atoms with E-state index in [1.165, 1.54) is 10.5 Å². The summed E-state index contributed by atoms with van der Waals surface area (Å²) in [5, 5.41) is 4.33. The Kier molecular flexibility index (Phi) is 4.39. The molecule has 8 nitrogen and oxygen atoms in total. The molecule has 1 aliphatic heterocycles. The second kappa shape index (κ2) is 6.85. The number of hydrogen-bond acceptors (Lipinski definition) is 6. The topological polar surface area (TPSA) is 90.2 Å². The van der Waals surface area contributed by atoms with Crippen LogP contribution in [0.1, 0.15) is 11.7 Å². The van der Waals surface area contributed by atoms with Crippen LogP contribution in [-0.4, -0.2) is 45.6 Å². The second-order valence-corrected chi connectivity index (χ2v) is 7.84. The van der Waals surface area contributed by atoms with Crippen LogP contribution in [-0.2, 0) is 16.6 Å². The molecule has 4 rings (SSSR count). The van der Waals surface area contributed by atoms with E-state index in [9.17, 15) is 8.42 Å². The molecule has 0 amide bonds. The molecule has 26 heavy (non-hydrogen) atoms. The Morgan fingerprint density at radius 1 is 1.08 bits per heavy atom. The minimum absolute atomic E-state index is 0.180. The van der Waals surface area contributed by atoms with Crippen molar-refractivity contribution in [2.24, 2.45) is 0 Å². The fourth-order valence-corrected chi connectivity index (χ4v) is 4.35. The molecule has 1 atom stereocenters. The molecule has 0 saturated heterocycles. The Bertz CT molecular complexity index is 976. The highest BCUT2D eigenvalue weighted by molar-refractivity contribution is 7.89. The Morgan fingerprint density at radius 3 is 2.62 bits per heavy atom. The lowest BCUT2D eigenvalue weighted by Crippen LogP contribution is -2.43. The average molecular weight is 371 g/mol. The SMILES string of the molecule is O=S(=O)(c1cccnc1)N1Cc2ccnn2C(COc2cccnc2)C1. The molecule has 134 valence electrons. The minimum atomic E-state index is -3.64. The van der Waals surface area contributed by atoms with Gasteiger partial charge in [0.25, 0.3) is 0 Å². The Labute approximate surface area is 151 Å². The van der Waals surface area contributed by atoms with E-state index in [0.29, 0.717) is 12.4 Å². The van der Waals surface area contributed by atoms with Gasteiger partial charge in [-0.15, -0.1) is 0 Å². The number of ether oxygens (including phenoxy) is 1. The molecular weight excluding hydrogens is 354 g/mol. The lowest BCUT2D eigenvalue weighted by Gasteiger charge is -2.32. The third-order valence-corrected chi connectivity index (χ3v) is 6.00. The van der Waals surface area contributed by atoms with Gasteiger partial charge in [-0.25, -0.2) is 8.42 Å². The van der Waals surface area contributed by atoms with E-state index in [1.54, 1.807) is 43.0 Å². The Balaban J connectivity index is 1.58. The largest absolute Gasteiger partial charge is 0.490 e. The molecule has 1 unspecified atom stereocenters. The van der Waals surface area contributed by atoms with Gasteiger partial charge in [0, 0.05) is 31.3 Å². The normalized spacial score (nSPS) is 17.6. The summed E-state index contributed by atoms with van der Waals surface area (Å²) in [5.74, 6) is 0.633. The van der Waals surface area contributed by atoms with E-state index in [1.807, 2.05) is 16.8 Å². The molecule has 0 aliphatic carbocycles. The van der Waals surface area contributed by atoms with Crippen molar-refractivity contribution in [1.29, 1.82) is 0 Å². The van der Waals surface area contributed by atoms with E-state index in [0.717, 1.165) is 5.69 Å². The van der Waals surface area contributed by atoms with Crippen molar-refractivity contribution in [2.45, 2.75) is 17.5 Å². The average Bonchev–Trinajstić information content (AvgIpc) is 3.16. The first-order valence-electron chi connectivity index (χ1n) is 8.10.